The molecule has 0 aliphatic rings. The molecule has 0 spiro atoms. The van der Waals surface area contributed by atoms with Gasteiger partial charge in [-0.25, -0.2) is 9.78 Å². The van der Waals surface area contributed by atoms with Gasteiger partial charge in [-0.1, -0.05) is 0 Å². The molecule has 5 heteroatoms. The van der Waals surface area contributed by atoms with Crippen molar-refractivity contribution >= 4 is 11.0 Å². The van der Waals surface area contributed by atoms with E-state index in [0.29, 0.717) is 16.7 Å². The fourth-order valence-corrected chi connectivity index (χ4v) is 1.01. The van der Waals surface area contributed by atoms with Gasteiger partial charge < -0.3 is 4.98 Å². The van der Waals surface area contributed by atoms with Crippen LogP contribution in [-0.2, 0) is 0 Å². The second-order valence-electron chi connectivity index (χ2n) is 2.43. The van der Waals surface area contributed by atoms with E-state index >= 15 is 0 Å². The van der Waals surface area contributed by atoms with E-state index in [9.17, 15) is 4.79 Å². The number of hydrogen-bond acceptors (Lipinski definition) is 4. The minimum atomic E-state index is -0.418. The Hall–Kier alpha value is -2.22. The van der Waals surface area contributed by atoms with Crippen LogP contribution in [0.25, 0.3) is 11.0 Å². The van der Waals surface area contributed by atoms with E-state index in [2.05, 4.69) is 15.0 Å². The Balaban J connectivity index is 2.82. The van der Waals surface area contributed by atoms with Gasteiger partial charge in [-0.2, -0.15) is 10.2 Å². The van der Waals surface area contributed by atoms with Gasteiger partial charge in [-0.05, 0) is 12.1 Å². The highest BCUT2D eigenvalue weighted by Gasteiger charge is 1.97. The Morgan fingerprint density at radius 1 is 1.46 bits per heavy atom. The van der Waals surface area contributed by atoms with Gasteiger partial charge in [0.1, 0.15) is 17.3 Å². The lowest BCUT2D eigenvalue weighted by Gasteiger charge is -1.94. The highest BCUT2D eigenvalue weighted by Crippen LogP contribution is 2.05. The maximum absolute atomic E-state index is 10.8. The summed E-state index contributed by atoms with van der Waals surface area (Å²) in [5.41, 5.74) is 0.984. The van der Waals surface area contributed by atoms with Crippen LogP contribution < -0.4 is 5.69 Å². The molecule has 0 saturated carbocycles. The summed E-state index contributed by atoms with van der Waals surface area (Å²) in [5.74, 6) is 0. The van der Waals surface area contributed by atoms with Gasteiger partial charge in [0.05, 0.1) is 11.7 Å². The lowest BCUT2D eigenvalue weighted by atomic mass is 10.3. The minimum absolute atomic E-state index is 0.307. The molecule has 2 heterocycles. The molecule has 0 unspecified atom stereocenters. The predicted octanol–water partition coefficient (Wildman–Crippen LogP) is 0.190. The number of hydrogen-bond donors (Lipinski definition) is 1. The molecule has 2 aromatic heterocycles. The number of H-pyrrole nitrogens is 1. The van der Waals surface area contributed by atoms with Crippen molar-refractivity contribution in [2.75, 3.05) is 0 Å². The van der Waals surface area contributed by atoms with Gasteiger partial charge in [-0.3, -0.25) is 0 Å². The van der Waals surface area contributed by atoms with E-state index in [4.69, 9.17) is 5.26 Å². The molecule has 0 saturated heterocycles. The van der Waals surface area contributed by atoms with Gasteiger partial charge in [-0.15, -0.1) is 0 Å². The molecule has 0 bridgehead atoms. The molecular weight excluding hydrogens is 168 g/mol. The van der Waals surface area contributed by atoms with E-state index in [1.807, 2.05) is 6.07 Å². The first-order valence-electron chi connectivity index (χ1n) is 3.56. The fourth-order valence-electron chi connectivity index (χ4n) is 1.01. The summed E-state index contributed by atoms with van der Waals surface area (Å²) in [5, 5.41) is 8.55. The molecule has 0 radical (unpaired) electrons. The van der Waals surface area contributed by atoms with Crippen molar-refractivity contribution in [3.8, 4) is 6.07 Å². The molecule has 0 aromatic carbocycles. The molecule has 2 aromatic rings. The van der Waals surface area contributed by atoms with Gasteiger partial charge in [0, 0.05) is 0 Å². The second-order valence-corrected chi connectivity index (χ2v) is 2.43. The maximum atomic E-state index is 10.8. The number of aromatic amines is 1. The SMILES string of the molecule is N#Cc1ccc2[nH]c(=O)ncc2n1. The minimum Gasteiger partial charge on any atom is -0.304 e. The standard InChI is InChI=1S/C8H4N4O/c9-3-5-1-2-6-7(11-5)4-10-8(13)12-6/h1-2,4H,(H,10,12,13). The largest absolute Gasteiger partial charge is 0.345 e. The van der Waals surface area contributed by atoms with Crippen LogP contribution in [0.1, 0.15) is 5.69 Å². The zero-order chi connectivity index (χ0) is 9.26. The zero-order valence-electron chi connectivity index (χ0n) is 6.48. The van der Waals surface area contributed by atoms with E-state index < -0.39 is 5.69 Å². The first kappa shape index (κ1) is 7.43. The molecule has 0 atom stereocenters. The van der Waals surface area contributed by atoms with Crippen molar-refractivity contribution in [3.63, 3.8) is 0 Å². The third-order valence-corrected chi connectivity index (χ3v) is 1.58. The van der Waals surface area contributed by atoms with E-state index in [1.54, 1.807) is 6.07 Å². The van der Waals surface area contributed by atoms with Crippen LogP contribution in [0, 0.1) is 11.3 Å². The van der Waals surface area contributed by atoms with Crippen molar-refractivity contribution in [3.05, 3.63) is 34.5 Å². The molecule has 5 nitrogen and oxygen atoms in total. The summed E-state index contributed by atoms with van der Waals surface area (Å²) in [6.45, 7) is 0. The van der Waals surface area contributed by atoms with Crippen LogP contribution in [-0.4, -0.2) is 15.0 Å². The van der Waals surface area contributed by atoms with Crippen molar-refractivity contribution in [1.82, 2.24) is 15.0 Å². The third kappa shape index (κ3) is 1.25. The van der Waals surface area contributed by atoms with Crippen molar-refractivity contribution in [2.45, 2.75) is 0 Å². The van der Waals surface area contributed by atoms with Crippen LogP contribution in [0.4, 0.5) is 0 Å². The van der Waals surface area contributed by atoms with Gasteiger partial charge in [0.25, 0.3) is 0 Å². The lowest BCUT2D eigenvalue weighted by Crippen LogP contribution is -2.09. The number of pyridine rings is 1. The van der Waals surface area contributed by atoms with Gasteiger partial charge in [0.2, 0.25) is 0 Å². The number of nitrogens with zero attached hydrogens (tertiary/aromatic N) is 3. The number of aromatic nitrogens is 3. The smallest absolute Gasteiger partial charge is 0.304 e. The van der Waals surface area contributed by atoms with Crippen molar-refractivity contribution < 1.29 is 0 Å². The lowest BCUT2D eigenvalue weighted by molar-refractivity contribution is 1.10. The van der Waals surface area contributed by atoms with Crippen LogP contribution in [0.3, 0.4) is 0 Å². The van der Waals surface area contributed by atoms with Gasteiger partial charge >= 0.3 is 5.69 Å². The molecule has 2 rings (SSSR count). The number of nitrogens with one attached hydrogen (secondary N) is 1. The normalized spacial score (nSPS) is 9.77. The highest BCUT2D eigenvalue weighted by molar-refractivity contribution is 5.72. The molecule has 62 valence electrons. The second kappa shape index (κ2) is 2.68. The zero-order valence-corrected chi connectivity index (χ0v) is 6.48. The van der Waals surface area contributed by atoms with Crippen molar-refractivity contribution in [1.29, 1.82) is 5.26 Å². The predicted molar refractivity (Wildman–Crippen MR) is 44.9 cm³/mol. The number of rotatable bonds is 0. The molecule has 0 amide bonds. The van der Waals surface area contributed by atoms with E-state index in [-0.39, 0.29) is 0 Å². The third-order valence-electron chi connectivity index (χ3n) is 1.58. The summed E-state index contributed by atoms with van der Waals surface area (Å²) < 4.78 is 0. The topological polar surface area (TPSA) is 82.4 Å². The van der Waals surface area contributed by atoms with Crippen LogP contribution in [0.15, 0.2) is 23.1 Å². The molecule has 13 heavy (non-hydrogen) atoms. The number of fused-ring (bicyclic) bond motifs is 1. The Kier molecular flexibility index (Phi) is 1.53. The summed E-state index contributed by atoms with van der Waals surface area (Å²) >= 11 is 0. The molecular formula is C8H4N4O. The fraction of sp³-hybridized carbons (Fsp3) is 0. The van der Waals surface area contributed by atoms with Crippen LogP contribution in [0.2, 0.25) is 0 Å². The highest BCUT2D eigenvalue weighted by atomic mass is 16.1. The average molecular weight is 172 g/mol. The molecule has 0 aliphatic carbocycles. The average Bonchev–Trinajstić information content (AvgIpc) is 2.17. The Morgan fingerprint density at radius 2 is 2.31 bits per heavy atom. The van der Waals surface area contributed by atoms with Crippen LogP contribution in [0.5, 0.6) is 0 Å². The number of nitriles is 1. The molecule has 1 N–H and O–H groups in total. The van der Waals surface area contributed by atoms with Gasteiger partial charge in [0.15, 0.2) is 0 Å². The first-order valence-corrected chi connectivity index (χ1v) is 3.56. The van der Waals surface area contributed by atoms with E-state index in [1.165, 1.54) is 12.3 Å². The Bertz CT molecular complexity index is 552. The summed E-state index contributed by atoms with van der Waals surface area (Å²) in [4.78, 5) is 20.7. The molecule has 0 aliphatic heterocycles. The molecule has 0 fully saturated rings. The Labute approximate surface area is 72.7 Å². The quantitative estimate of drug-likeness (QED) is 0.614. The maximum Gasteiger partial charge on any atom is 0.345 e. The summed E-state index contributed by atoms with van der Waals surface area (Å²) in [7, 11) is 0. The summed E-state index contributed by atoms with van der Waals surface area (Å²) in [6, 6.07) is 5.07. The van der Waals surface area contributed by atoms with E-state index in [0.717, 1.165) is 0 Å². The first-order chi connectivity index (χ1) is 6.29. The van der Waals surface area contributed by atoms with Crippen LogP contribution >= 0.6 is 0 Å². The Morgan fingerprint density at radius 3 is 3.08 bits per heavy atom. The monoisotopic (exact) mass is 172 g/mol. The van der Waals surface area contributed by atoms with Crippen molar-refractivity contribution in [2.24, 2.45) is 0 Å². The summed E-state index contributed by atoms with van der Waals surface area (Å²) in [6.07, 6.45) is 1.34.